The van der Waals surface area contributed by atoms with Gasteiger partial charge in [-0.25, -0.2) is 38.7 Å². The van der Waals surface area contributed by atoms with Crippen LogP contribution in [-0.2, 0) is 0 Å². The minimum absolute atomic E-state index is 0.00286. The first-order valence-corrected chi connectivity index (χ1v) is 18.7. The Balaban J connectivity index is 1.01. The van der Waals surface area contributed by atoms with E-state index in [1.165, 1.54) is 12.1 Å². The van der Waals surface area contributed by atoms with Gasteiger partial charge in [-0.2, -0.15) is 0 Å². The summed E-state index contributed by atoms with van der Waals surface area (Å²) >= 11 is 0. The smallest absolute Gasteiger partial charge is 0.257 e. The maximum atomic E-state index is 16.0. The van der Waals surface area contributed by atoms with E-state index >= 15 is 8.78 Å². The van der Waals surface area contributed by atoms with Crippen LogP contribution < -0.4 is 28.7 Å². The molecular formula is C38H46F2N10O4. The molecule has 0 N–H and O–H groups in total. The van der Waals surface area contributed by atoms with Gasteiger partial charge in [-0.1, -0.05) is 0 Å². The van der Waals surface area contributed by atoms with Crippen molar-refractivity contribution in [2.45, 2.75) is 71.3 Å². The van der Waals surface area contributed by atoms with E-state index in [4.69, 9.17) is 23.9 Å². The van der Waals surface area contributed by atoms with Crippen LogP contribution in [0, 0.1) is 25.5 Å². The number of fused-ring (bicyclic) bond motifs is 2. The highest BCUT2D eigenvalue weighted by atomic mass is 19.1. The second kappa shape index (κ2) is 15.1. The van der Waals surface area contributed by atoms with Crippen LogP contribution in [-0.4, -0.2) is 117 Å². The summed E-state index contributed by atoms with van der Waals surface area (Å²) < 4.78 is 55.7. The molecule has 2 fully saturated rings. The zero-order chi connectivity index (χ0) is 37.5. The minimum Gasteiger partial charge on any atom is -0.484 e. The molecule has 54 heavy (non-hydrogen) atoms. The van der Waals surface area contributed by atoms with E-state index in [1.807, 2.05) is 45.6 Å². The average Bonchev–Trinajstić information content (AvgIpc) is 3.17. The molecule has 16 heteroatoms. The number of hydrogen-bond acceptors (Lipinski definition) is 14. The third-order valence-electron chi connectivity index (χ3n) is 10.9. The number of aryl methyl sites for hydroxylation is 2. The normalized spacial score (nSPS) is 22.9. The van der Waals surface area contributed by atoms with Gasteiger partial charge in [0, 0.05) is 69.9 Å². The summed E-state index contributed by atoms with van der Waals surface area (Å²) in [5.74, 6) is 1.55. The van der Waals surface area contributed by atoms with Crippen molar-refractivity contribution in [3.05, 3.63) is 71.6 Å². The summed E-state index contributed by atoms with van der Waals surface area (Å²) in [7, 11) is 0. The van der Waals surface area contributed by atoms with E-state index in [0.717, 1.165) is 30.3 Å². The fourth-order valence-corrected chi connectivity index (χ4v) is 8.00. The molecule has 14 nitrogen and oxygen atoms in total. The van der Waals surface area contributed by atoms with E-state index in [-0.39, 0.29) is 59.4 Å². The predicted molar refractivity (Wildman–Crippen MR) is 195 cm³/mol. The largest absolute Gasteiger partial charge is 0.484 e. The number of piperazine rings is 2. The van der Waals surface area contributed by atoms with Crippen LogP contribution >= 0.6 is 0 Å². The summed E-state index contributed by atoms with van der Waals surface area (Å²) in [5, 5.41) is 0. The van der Waals surface area contributed by atoms with Gasteiger partial charge in [0.25, 0.3) is 11.8 Å². The maximum absolute atomic E-state index is 16.0. The summed E-state index contributed by atoms with van der Waals surface area (Å²) in [4.78, 5) is 35.9. The van der Waals surface area contributed by atoms with Crippen molar-refractivity contribution in [2.24, 2.45) is 0 Å². The van der Waals surface area contributed by atoms with Crippen LogP contribution in [0.15, 0.2) is 36.9 Å². The van der Waals surface area contributed by atoms with Gasteiger partial charge in [-0.05, 0) is 34.6 Å². The first kappa shape index (κ1) is 36.0. The van der Waals surface area contributed by atoms with Gasteiger partial charge in [0.1, 0.15) is 49.2 Å². The molecule has 4 aromatic rings. The molecule has 0 spiro atoms. The van der Waals surface area contributed by atoms with E-state index in [1.54, 1.807) is 0 Å². The van der Waals surface area contributed by atoms with Crippen molar-refractivity contribution >= 4 is 11.4 Å². The Hall–Kier alpha value is -4.96. The Labute approximate surface area is 313 Å². The molecular weight excluding hydrogens is 698 g/mol. The van der Waals surface area contributed by atoms with E-state index in [0.29, 0.717) is 51.6 Å². The SMILES string of the molecule is Cc1ncc(N2CCN([C@H](CC3COc4cc(F)c([C@H](C)N5CCN(c6cnc(C)nc6)C[C@H]5C)nc4O3)c3nc4c(cc3F)OCCO4)[C@H](C)C2)cn1. The highest BCUT2D eigenvalue weighted by Gasteiger charge is 2.38. The lowest BCUT2D eigenvalue weighted by molar-refractivity contribution is 0.0336. The van der Waals surface area contributed by atoms with E-state index < -0.39 is 23.8 Å². The standard InChI is InChI=1S/C38H46F2N10O4/c1-22-19-47(27-15-41-25(4)42-16-27)6-8-49(22)24(3)35-30(39)13-34-38(45-35)54-29(21-53-34)12-32(36-31(40)14-33-37(46-36)52-11-10-51-33)50-9-7-48(20-23(50)2)28-17-43-26(5)44-18-28/h13-18,22-24,29,32H,6-12,19-21H2,1-5H3/t22-,23-,24+,29?,32-/m1/s1. The Bertz CT molecular complexity index is 1960. The summed E-state index contributed by atoms with van der Waals surface area (Å²) in [6, 6.07) is 1.99. The molecule has 0 aromatic carbocycles. The van der Waals surface area contributed by atoms with E-state index in [2.05, 4.69) is 58.4 Å². The van der Waals surface area contributed by atoms with Crippen LogP contribution in [0.2, 0.25) is 0 Å². The monoisotopic (exact) mass is 744 g/mol. The Morgan fingerprint density at radius 2 is 1.24 bits per heavy atom. The van der Waals surface area contributed by atoms with Gasteiger partial charge in [0.2, 0.25) is 0 Å². The zero-order valence-electron chi connectivity index (χ0n) is 31.3. The van der Waals surface area contributed by atoms with Crippen LogP contribution in [0.3, 0.4) is 0 Å². The molecule has 2 saturated heterocycles. The number of nitrogens with zero attached hydrogens (tertiary/aromatic N) is 10. The van der Waals surface area contributed by atoms with Crippen molar-refractivity contribution in [1.82, 2.24) is 39.7 Å². The van der Waals surface area contributed by atoms with Gasteiger partial charge < -0.3 is 28.7 Å². The number of aromatic nitrogens is 6. The molecule has 286 valence electrons. The molecule has 0 radical (unpaired) electrons. The van der Waals surface area contributed by atoms with Gasteiger partial charge in [-0.3, -0.25) is 9.80 Å². The Kier molecular flexibility index (Phi) is 10.0. The van der Waals surface area contributed by atoms with Crippen molar-refractivity contribution in [2.75, 3.05) is 68.9 Å². The topological polar surface area (TPSA) is 127 Å². The average molecular weight is 745 g/mol. The quantitative estimate of drug-likeness (QED) is 0.252. The first-order valence-electron chi connectivity index (χ1n) is 18.7. The Morgan fingerprint density at radius 3 is 1.85 bits per heavy atom. The summed E-state index contributed by atoms with van der Waals surface area (Å²) in [6.07, 6.45) is 7.18. The molecule has 8 heterocycles. The highest BCUT2D eigenvalue weighted by molar-refractivity contribution is 5.44. The molecule has 8 rings (SSSR count). The van der Waals surface area contributed by atoms with Crippen LogP contribution in [0.5, 0.6) is 23.3 Å². The third kappa shape index (κ3) is 7.28. The number of hydrogen-bond donors (Lipinski definition) is 0. The van der Waals surface area contributed by atoms with E-state index in [9.17, 15) is 0 Å². The van der Waals surface area contributed by atoms with Gasteiger partial charge in [0.05, 0.1) is 59.6 Å². The fraction of sp³-hybridized carbons (Fsp3) is 0.526. The molecule has 4 aliphatic heterocycles. The lowest BCUT2D eigenvalue weighted by Crippen LogP contribution is -2.54. The summed E-state index contributed by atoms with van der Waals surface area (Å²) in [5.41, 5.74) is 2.45. The molecule has 5 atom stereocenters. The highest BCUT2D eigenvalue weighted by Crippen LogP contribution is 2.40. The number of halogens is 2. The minimum atomic E-state index is -0.520. The van der Waals surface area contributed by atoms with Crippen molar-refractivity contribution in [3.63, 3.8) is 0 Å². The molecule has 0 amide bonds. The van der Waals surface area contributed by atoms with Gasteiger partial charge in [-0.15, -0.1) is 0 Å². The molecule has 0 saturated carbocycles. The summed E-state index contributed by atoms with van der Waals surface area (Å²) in [6.45, 7) is 14.9. The Morgan fingerprint density at radius 1 is 0.704 bits per heavy atom. The van der Waals surface area contributed by atoms with Gasteiger partial charge in [0.15, 0.2) is 11.5 Å². The van der Waals surface area contributed by atoms with Crippen LogP contribution in [0.1, 0.15) is 62.3 Å². The number of rotatable bonds is 8. The van der Waals surface area contributed by atoms with Crippen LogP contribution in [0.4, 0.5) is 20.2 Å². The maximum Gasteiger partial charge on any atom is 0.257 e. The van der Waals surface area contributed by atoms with Crippen molar-refractivity contribution < 1.29 is 27.7 Å². The lowest BCUT2D eigenvalue weighted by atomic mass is 9.99. The molecule has 4 aliphatic rings. The van der Waals surface area contributed by atoms with Crippen molar-refractivity contribution in [3.8, 4) is 23.3 Å². The predicted octanol–water partition coefficient (Wildman–Crippen LogP) is 4.48. The van der Waals surface area contributed by atoms with Crippen LogP contribution in [0.25, 0.3) is 0 Å². The first-order chi connectivity index (χ1) is 26.1. The molecule has 1 unspecified atom stereocenters. The number of anilines is 2. The number of ether oxygens (including phenoxy) is 4. The molecule has 0 aliphatic carbocycles. The molecule has 4 aromatic heterocycles. The number of pyridine rings is 2. The zero-order valence-corrected chi connectivity index (χ0v) is 31.3. The van der Waals surface area contributed by atoms with Crippen molar-refractivity contribution in [1.29, 1.82) is 0 Å². The second-order valence-corrected chi connectivity index (χ2v) is 14.5. The lowest BCUT2D eigenvalue weighted by Gasteiger charge is -2.45. The molecule has 0 bridgehead atoms. The third-order valence-corrected chi connectivity index (χ3v) is 10.9. The fourth-order valence-electron chi connectivity index (χ4n) is 8.00. The second-order valence-electron chi connectivity index (χ2n) is 14.5. The van der Waals surface area contributed by atoms with Gasteiger partial charge >= 0.3 is 0 Å².